The van der Waals surface area contributed by atoms with Crippen molar-refractivity contribution >= 4 is 10.8 Å². The molecule has 4 heteroatoms. The highest BCUT2D eigenvalue weighted by Crippen LogP contribution is 2.36. The van der Waals surface area contributed by atoms with Gasteiger partial charge in [0, 0.05) is 35.4 Å². The summed E-state index contributed by atoms with van der Waals surface area (Å²) in [5.74, 6) is 0.715. The van der Waals surface area contributed by atoms with E-state index in [9.17, 15) is 4.21 Å². The molecular weight excluding hydrogens is 210 g/mol. The molecule has 0 aromatic carbocycles. The van der Waals surface area contributed by atoms with Crippen LogP contribution < -0.4 is 5.32 Å². The van der Waals surface area contributed by atoms with Crippen molar-refractivity contribution < 1.29 is 8.95 Å². The van der Waals surface area contributed by atoms with Crippen molar-refractivity contribution in [2.45, 2.75) is 51.4 Å². The van der Waals surface area contributed by atoms with Gasteiger partial charge in [-0.25, -0.2) is 0 Å². The molecule has 1 aliphatic rings. The maximum atomic E-state index is 10.9. The molecule has 1 fully saturated rings. The highest BCUT2D eigenvalue weighted by molar-refractivity contribution is 7.84. The molecule has 3 nitrogen and oxygen atoms in total. The molecule has 2 atom stereocenters. The molecular formula is C11H23NO2S. The SMILES string of the molecule is CS(=O)CCNC1CC(C)(C)OC1(C)C. The van der Waals surface area contributed by atoms with Crippen molar-refractivity contribution in [3.63, 3.8) is 0 Å². The van der Waals surface area contributed by atoms with Crippen molar-refractivity contribution in [2.24, 2.45) is 0 Å². The molecule has 1 rings (SSSR count). The van der Waals surface area contributed by atoms with Crippen LogP contribution in [0.1, 0.15) is 34.1 Å². The molecule has 1 aliphatic heterocycles. The third-order valence-electron chi connectivity index (χ3n) is 2.85. The van der Waals surface area contributed by atoms with E-state index in [0.717, 1.165) is 13.0 Å². The molecule has 90 valence electrons. The van der Waals surface area contributed by atoms with Crippen molar-refractivity contribution in [1.82, 2.24) is 5.32 Å². The molecule has 0 amide bonds. The van der Waals surface area contributed by atoms with Crippen molar-refractivity contribution in [3.05, 3.63) is 0 Å². The van der Waals surface area contributed by atoms with Crippen molar-refractivity contribution in [2.75, 3.05) is 18.6 Å². The van der Waals surface area contributed by atoms with Gasteiger partial charge in [0.15, 0.2) is 0 Å². The van der Waals surface area contributed by atoms with Crippen LogP contribution in [0, 0.1) is 0 Å². The minimum absolute atomic E-state index is 0.0491. The summed E-state index contributed by atoms with van der Waals surface area (Å²) in [6, 6.07) is 0.357. The Morgan fingerprint density at radius 1 is 1.40 bits per heavy atom. The quantitative estimate of drug-likeness (QED) is 0.795. The van der Waals surface area contributed by atoms with Crippen LogP contribution >= 0.6 is 0 Å². The first-order valence-corrected chi connectivity index (χ1v) is 7.19. The van der Waals surface area contributed by atoms with E-state index in [1.54, 1.807) is 6.26 Å². The first-order chi connectivity index (χ1) is 6.73. The van der Waals surface area contributed by atoms with E-state index in [-0.39, 0.29) is 11.2 Å². The normalized spacial score (nSPS) is 30.3. The molecule has 0 bridgehead atoms. The molecule has 0 saturated carbocycles. The second kappa shape index (κ2) is 4.52. The van der Waals surface area contributed by atoms with E-state index in [1.165, 1.54) is 0 Å². The van der Waals surface area contributed by atoms with Crippen LogP contribution in [0.2, 0.25) is 0 Å². The maximum absolute atomic E-state index is 10.9. The van der Waals surface area contributed by atoms with Gasteiger partial charge in [0.25, 0.3) is 0 Å². The lowest BCUT2D eigenvalue weighted by Crippen LogP contribution is -2.44. The lowest BCUT2D eigenvalue weighted by atomic mass is 9.94. The number of rotatable bonds is 4. The summed E-state index contributed by atoms with van der Waals surface area (Å²) in [6.07, 6.45) is 2.75. The Morgan fingerprint density at radius 3 is 2.40 bits per heavy atom. The van der Waals surface area contributed by atoms with Gasteiger partial charge in [-0.05, 0) is 34.1 Å². The van der Waals surface area contributed by atoms with E-state index >= 15 is 0 Å². The summed E-state index contributed by atoms with van der Waals surface area (Å²) < 4.78 is 16.9. The van der Waals surface area contributed by atoms with Crippen molar-refractivity contribution in [3.8, 4) is 0 Å². The Hall–Kier alpha value is 0.0700. The van der Waals surface area contributed by atoms with Gasteiger partial charge >= 0.3 is 0 Å². The summed E-state index contributed by atoms with van der Waals surface area (Å²) in [5, 5.41) is 3.44. The fourth-order valence-corrected chi connectivity index (χ4v) is 2.66. The Labute approximate surface area is 95.4 Å². The van der Waals surface area contributed by atoms with E-state index in [2.05, 4.69) is 33.0 Å². The minimum atomic E-state index is -0.713. The summed E-state index contributed by atoms with van der Waals surface area (Å²) in [7, 11) is -0.713. The third-order valence-corrected chi connectivity index (χ3v) is 3.63. The molecule has 0 radical (unpaired) electrons. The number of ether oxygens (including phenoxy) is 1. The molecule has 1 N–H and O–H groups in total. The van der Waals surface area contributed by atoms with E-state index in [0.29, 0.717) is 11.8 Å². The highest BCUT2D eigenvalue weighted by atomic mass is 32.2. The Morgan fingerprint density at radius 2 is 2.00 bits per heavy atom. The van der Waals surface area contributed by atoms with Crippen LogP contribution in [0.25, 0.3) is 0 Å². The summed E-state index contributed by atoms with van der Waals surface area (Å²) >= 11 is 0. The molecule has 1 heterocycles. The van der Waals surface area contributed by atoms with Crippen LogP contribution in [-0.4, -0.2) is 40.0 Å². The predicted molar refractivity (Wildman–Crippen MR) is 64.6 cm³/mol. The standard InChI is InChI=1S/C11H23NO2S/c1-10(2)8-9(11(3,4)14-10)12-6-7-15(5)13/h9,12H,6-8H2,1-5H3. The van der Waals surface area contributed by atoms with Crippen LogP contribution in [0.4, 0.5) is 0 Å². The van der Waals surface area contributed by atoms with Crippen LogP contribution in [0.5, 0.6) is 0 Å². The zero-order valence-electron chi connectivity index (χ0n) is 10.4. The van der Waals surface area contributed by atoms with E-state index < -0.39 is 10.8 Å². The van der Waals surface area contributed by atoms with Gasteiger partial charge in [-0.3, -0.25) is 4.21 Å². The van der Waals surface area contributed by atoms with Gasteiger partial charge in [0.2, 0.25) is 0 Å². The Kier molecular flexibility index (Phi) is 3.95. The molecule has 0 aromatic rings. The fraction of sp³-hybridized carbons (Fsp3) is 1.00. The summed E-state index contributed by atoms with van der Waals surface area (Å²) in [4.78, 5) is 0. The smallest absolute Gasteiger partial charge is 0.0787 e. The van der Waals surface area contributed by atoms with E-state index in [1.807, 2.05) is 0 Å². The van der Waals surface area contributed by atoms with Crippen LogP contribution in [-0.2, 0) is 15.5 Å². The Bertz CT molecular complexity index is 251. The highest BCUT2D eigenvalue weighted by Gasteiger charge is 2.45. The predicted octanol–water partition coefficient (Wildman–Crippen LogP) is 1.30. The largest absolute Gasteiger partial charge is 0.368 e. The van der Waals surface area contributed by atoms with Gasteiger partial charge in [-0.1, -0.05) is 0 Å². The zero-order chi connectivity index (χ0) is 11.7. The lowest BCUT2D eigenvalue weighted by molar-refractivity contribution is -0.0696. The second-order valence-corrected chi connectivity index (χ2v) is 7.01. The summed E-state index contributed by atoms with van der Waals surface area (Å²) in [5.41, 5.74) is -0.175. The second-order valence-electron chi connectivity index (χ2n) is 5.45. The Balaban J connectivity index is 2.45. The molecule has 15 heavy (non-hydrogen) atoms. The maximum Gasteiger partial charge on any atom is 0.0787 e. The topological polar surface area (TPSA) is 38.3 Å². The average Bonchev–Trinajstić information content (AvgIpc) is 2.18. The molecule has 2 unspecified atom stereocenters. The van der Waals surface area contributed by atoms with Gasteiger partial charge in [-0.15, -0.1) is 0 Å². The number of hydrogen-bond donors (Lipinski definition) is 1. The minimum Gasteiger partial charge on any atom is -0.368 e. The number of hydrogen-bond acceptors (Lipinski definition) is 3. The van der Waals surface area contributed by atoms with E-state index in [4.69, 9.17) is 4.74 Å². The first kappa shape index (κ1) is 13.1. The van der Waals surface area contributed by atoms with Gasteiger partial charge in [0.1, 0.15) is 0 Å². The van der Waals surface area contributed by atoms with Crippen LogP contribution in [0.3, 0.4) is 0 Å². The summed E-state index contributed by atoms with van der Waals surface area (Å²) in [6.45, 7) is 9.27. The third kappa shape index (κ3) is 3.85. The first-order valence-electron chi connectivity index (χ1n) is 5.46. The van der Waals surface area contributed by atoms with Gasteiger partial charge in [-0.2, -0.15) is 0 Å². The monoisotopic (exact) mass is 233 g/mol. The fourth-order valence-electron chi connectivity index (χ4n) is 2.26. The molecule has 1 saturated heterocycles. The average molecular weight is 233 g/mol. The van der Waals surface area contributed by atoms with Gasteiger partial charge < -0.3 is 10.1 Å². The van der Waals surface area contributed by atoms with Crippen molar-refractivity contribution in [1.29, 1.82) is 0 Å². The van der Waals surface area contributed by atoms with Gasteiger partial charge in [0.05, 0.1) is 11.2 Å². The molecule has 0 spiro atoms. The number of nitrogens with one attached hydrogen (secondary N) is 1. The lowest BCUT2D eigenvalue weighted by Gasteiger charge is -2.27. The zero-order valence-corrected chi connectivity index (χ0v) is 11.2. The molecule has 0 aromatic heterocycles. The van der Waals surface area contributed by atoms with Crippen LogP contribution in [0.15, 0.2) is 0 Å². The molecule has 0 aliphatic carbocycles.